The van der Waals surface area contributed by atoms with Crippen LogP contribution >= 0.6 is 0 Å². The molecule has 1 fully saturated rings. The quantitative estimate of drug-likeness (QED) is 0.775. The van der Waals surface area contributed by atoms with E-state index >= 15 is 0 Å². The molecule has 1 amide bonds. The highest BCUT2D eigenvalue weighted by molar-refractivity contribution is 5.81. The van der Waals surface area contributed by atoms with Gasteiger partial charge in [0.05, 0.1) is 6.04 Å². The fraction of sp³-hybridized carbons (Fsp3) is 0.917. The molecular formula is C12H24N2O. The zero-order valence-corrected chi connectivity index (χ0v) is 10.2. The van der Waals surface area contributed by atoms with Gasteiger partial charge in [0.1, 0.15) is 0 Å². The Bertz CT molecular complexity index is 218. The van der Waals surface area contributed by atoms with Crippen molar-refractivity contribution in [3.8, 4) is 0 Å². The molecule has 0 aromatic rings. The third-order valence-corrected chi connectivity index (χ3v) is 3.56. The standard InChI is InChI=1S/C12H24N2O/c1-4-11(13)12(15)14(3)10-7-5-6-9(2)8-10/h9-11H,4-8,13H2,1-3H3/t9?,10?,11-/m0/s1. The van der Waals surface area contributed by atoms with Crippen molar-refractivity contribution in [2.24, 2.45) is 11.7 Å². The smallest absolute Gasteiger partial charge is 0.239 e. The molecule has 1 rings (SSSR count). The van der Waals surface area contributed by atoms with Gasteiger partial charge >= 0.3 is 0 Å². The van der Waals surface area contributed by atoms with Crippen LogP contribution in [0.3, 0.4) is 0 Å². The third-order valence-electron chi connectivity index (χ3n) is 3.56. The summed E-state index contributed by atoms with van der Waals surface area (Å²) in [6.45, 7) is 4.23. The second-order valence-electron chi connectivity index (χ2n) is 4.89. The maximum absolute atomic E-state index is 11.9. The van der Waals surface area contributed by atoms with Crippen LogP contribution in [0.5, 0.6) is 0 Å². The van der Waals surface area contributed by atoms with E-state index in [0.29, 0.717) is 6.04 Å². The van der Waals surface area contributed by atoms with Crippen LogP contribution < -0.4 is 5.73 Å². The number of hydrogen-bond donors (Lipinski definition) is 1. The Labute approximate surface area is 93.0 Å². The van der Waals surface area contributed by atoms with E-state index in [1.54, 1.807) is 0 Å². The lowest BCUT2D eigenvalue weighted by Gasteiger charge is -2.35. The molecule has 3 heteroatoms. The lowest BCUT2D eigenvalue weighted by Crippen LogP contribution is -2.47. The maximum Gasteiger partial charge on any atom is 0.239 e. The van der Waals surface area contributed by atoms with Gasteiger partial charge in [0, 0.05) is 13.1 Å². The van der Waals surface area contributed by atoms with E-state index in [4.69, 9.17) is 5.73 Å². The molecule has 0 aliphatic heterocycles. The molecule has 0 aromatic carbocycles. The van der Waals surface area contributed by atoms with Crippen LogP contribution in [-0.4, -0.2) is 29.9 Å². The monoisotopic (exact) mass is 212 g/mol. The van der Waals surface area contributed by atoms with E-state index in [9.17, 15) is 4.79 Å². The van der Waals surface area contributed by atoms with Crippen molar-refractivity contribution in [3.05, 3.63) is 0 Å². The Morgan fingerprint density at radius 3 is 2.73 bits per heavy atom. The highest BCUT2D eigenvalue weighted by Crippen LogP contribution is 2.26. The van der Waals surface area contributed by atoms with Crippen molar-refractivity contribution in [2.75, 3.05) is 7.05 Å². The second kappa shape index (κ2) is 5.50. The highest BCUT2D eigenvalue weighted by Gasteiger charge is 2.27. The second-order valence-corrected chi connectivity index (χ2v) is 4.89. The summed E-state index contributed by atoms with van der Waals surface area (Å²) < 4.78 is 0. The van der Waals surface area contributed by atoms with Crippen LogP contribution in [-0.2, 0) is 4.79 Å². The summed E-state index contributed by atoms with van der Waals surface area (Å²) in [6.07, 6.45) is 5.55. The molecule has 0 aromatic heterocycles. The molecule has 2 N–H and O–H groups in total. The average molecular weight is 212 g/mol. The first-order valence-corrected chi connectivity index (χ1v) is 6.08. The lowest BCUT2D eigenvalue weighted by atomic mass is 9.86. The van der Waals surface area contributed by atoms with Crippen molar-refractivity contribution in [3.63, 3.8) is 0 Å². The normalized spacial score (nSPS) is 28.5. The highest BCUT2D eigenvalue weighted by atomic mass is 16.2. The van der Waals surface area contributed by atoms with E-state index in [0.717, 1.165) is 25.2 Å². The predicted molar refractivity (Wildman–Crippen MR) is 62.5 cm³/mol. The first-order chi connectivity index (χ1) is 7.06. The molecule has 1 aliphatic rings. The zero-order valence-electron chi connectivity index (χ0n) is 10.2. The van der Waals surface area contributed by atoms with Gasteiger partial charge in [-0.2, -0.15) is 0 Å². The van der Waals surface area contributed by atoms with Gasteiger partial charge in [-0.1, -0.05) is 26.7 Å². The lowest BCUT2D eigenvalue weighted by molar-refractivity contribution is -0.134. The molecule has 15 heavy (non-hydrogen) atoms. The Hall–Kier alpha value is -0.570. The summed E-state index contributed by atoms with van der Waals surface area (Å²) in [5, 5.41) is 0. The van der Waals surface area contributed by atoms with Crippen molar-refractivity contribution < 1.29 is 4.79 Å². The van der Waals surface area contributed by atoms with E-state index < -0.39 is 0 Å². The van der Waals surface area contributed by atoms with Gasteiger partial charge < -0.3 is 10.6 Å². The number of hydrogen-bond acceptors (Lipinski definition) is 2. The average Bonchev–Trinajstić information content (AvgIpc) is 2.26. The molecule has 3 nitrogen and oxygen atoms in total. The molecule has 0 heterocycles. The van der Waals surface area contributed by atoms with Gasteiger partial charge in [-0.3, -0.25) is 4.79 Å². The fourth-order valence-electron chi connectivity index (χ4n) is 2.37. The summed E-state index contributed by atoms with van der Waals surface area (Å²) in [5.41, 5.74) is 5.77. The van der Waals surface area contributed by atoms with Crippen LogP contribution in [0.25, 0.3) is 0 Å². The topological polar surface area (TPSA) is 46.3 Å². The molecule has 1 saturated carbocycles. The molecular weight excluding hydrogens is 188 g/mol. The van der Waals surface area contributed by atoms with Crippen molar-refractivity contribution in [1.29, 1.82) is 0 Å². The minimum atomic E-state index is -0.313. The van der Waals surface area contributed by atoms with Gasteiger partial charge in [0.25, 0.3) is 0 Å². The summed E-state index contributed by atoms with van der Waals surface area (Å²) in [4.78, 5) is 13.8. The molecule has 1 aliphatic carbocycles. The summed E-state index contributed by atoms with van der Waals surface area (Å²) in [6, 6.07) is 0.103. The minimum Gasteiger partial charge on any atom is -0.341 e. The maximum atomic E-state index is 11.9. The predicted octanol–water partition coefficient (Wildman–Crippen LogP) is 1.76. The van der Waals surface area contributed by atoms with Crippen molar-refractivity contribution in [2.45, 2.75) is 58.0 Å². The summed E-state index contributed by atoms with van der Waals surface area (Å²) in [7, 11) is 1.90. The van der Waals surface area contributed by atoms with Gasteiger partial charge in [0.2, 0.25) is 5.91 Å². The summed E-state index contributed by atoms with van der Waals surface area (Å²) in [5.74, 6) is 0.855. The van der Waals surface area contributed by atoms with Gasteiger partial charge in [-0.05, 0) is 25.2 Å². The Kier molecular flexibility index (Phi) is 4.58. The third kappa shape index (κ3) is 3.20. The number of carbonyl (C=O) groups is 1. The first-order valence-electron chi connectivity index (χ1n) is 6.08. The Morgan fingerprint density at radius 2 is 2.20 bits per heavy atom. The number of nitrogens with two attached hydrogens (primary N) is 1. The van der Waals surface area contributed by atoms with Crippen LogP contribution in [0.4, 0.5) is 0 Å². The molecule has 0 bridgehead atoms. The van der Waals surface area contributed by atoms with E-state index in [1.807, 2.05) is 18.9 Å². The SMILES string of the molecule is CC[C@H](N)C(=O)N(C)C1CCCC(C)C1. The van der Waals surface area contributed by atoms with Gasteiger partial charge in [-0.25, -0.2) is 0 Å². The van der Waals surface area contributed by atoms with Crippen molar-refractivity contribution in [1.82, 2.24) is 4.90 Å². The summed E-state index contributed by atoms with van der Waals surface area (Å²) >= 11 is 0. The first kappa shape index (κ1) is 12.5. The minimum absolute atomic E-state index is 0.108. The van der Waals surface area contributed by atoms with Crippen LogP contribution in [0.15, 0.2) is 0 Å². The number of carbonyl (C=O) groups excluding carboxylic acids is 1. The van der Waals surface area contributed by atoms with E-state index in [1.165, 1.54) is 12.8 Å². The van der Waals surface area contributed by atoms with Crippen LogP contribution in [0, 0.1) is 5.92 Å². The molecule has 88 valence electrons. The number of nitrogens with zero attached hydrogens (tertiary/aromatic N) is 1. The van der Waals surface area contributed by atoms with Gasteiger partial charge in [0.15, 0.2) is 0 Å². The van der Waals surface area contributed by atoms with Crippen LogP contribution in [0.1, 0.15) is 46.0 Å². The molecule has 0 radical (unpaired) electrons. The largest absolute Gasteiger partial charge is 0.341 e. The fourth-order valence-corrected chi connectivity index (χ4v) is 2.37. The zero-order chi connectivity index (χ0) is 11.4. The molecule has 3 atom stereocenters. The van der Waals surface area contributed by atoms with E-state index in [2.05, 4.69) is 6.92 Å². The van der Waals surface area contributed by atoms with E-state index in [-0.39, 0.29) is 11.9 Å². The number of amides is 1. The Balaban J connectivity index is 2.51. The molecule has 0 saturated heterocycles. The molecule has 0 spiro atoms. The number of likely N-dealkylation sites (N-methyl/N-ethyl adjacent to an activating group) is 1. The number of rotatable bonds is 3. The van der Waals surface area contributed by atoms with Gasteiger partial charge in [-0.15, -0.1) is 0 Å². The molecule has 2 unspecified atom stereocenters. The van der Waals surface area contributed by atoms with Crippen LogP contribution in [0.2, 0.25) is 0 Å². The van der Waals surface area contributed by atoms with Crippen molar-refractivity contribution >= 4 is 5.91 Å². The Morgan fingerprint density at radius 1 is 1.53 bits per heavy atom.